The van der Waals surface area contributed by atoms with Crippen LogP contribution < -0.4 is 0 Å². The van der Waals surface area contributed by atoms with Crippen LogP contribution in [0.15, 0.2) is 36.4 Å². The Hall–Kier alpha value is -2.17. The maximum Gasteiger partial charge on any atom is 0.419 e. The SMILES string of the molecule is CCCc1ccc(CCc2ccc(C(=O)CC)c(C(F)(F)F)c2F)cc1. The molecular formula is C21H22F4O. The summed E-state index contributed by atoms with van der Waals surface area (Å²) in [7, 11) is 0. The van der Waals surface area contributed by atoms with Crippen molar-refractivity contribution in [3.8, 4) is 0 Å². The Morgan fingerprint density at radius 2 is 1.46 bits per heavy atom. The van der Waals surface area contributed by atoms with Crippen LogP contribution in [-0.4, -0.2) is 5.78 Å². The normalized spacial score (nSPS) is 11.6. The Morgan fingerprint density at radius 1 is 0.885 bits per heavy atom. The summed E-state index contributed by atoms with van der Waals surface area (Å²) in [5.41, 5.74) is 0.0728. The highest BCUT2D eigenvalue weighted by Gasteiger charge is 2.39. The van der Waals surface area contributed by atoms with E-state index in [1.54, 1.807) is 0 Å². The molecule has 0 saturated heterocycles. The molecule has 0 aliphatic carbocycles. The van der Waals surface area contributed by atoms with E-state index in [-0.39, 0.29) is 18.4 Å². The monoisotopic (exact) mass is 366 g/mol. The number of hydrogen-bond acceptors (Lipinski definition) is 1. The highest BCUT2D eigenvalue weighted by molar-refractivity contribution is 5.97. The third-order valence-electron chi connectivity index (χ3n) is 4.37. The Labute approximate surface area is 151 Å². The number of carbonyl (C=O) groups excluding carboxylic acids is 1. The Kier molecular flexibility index (Phi) is 6.57. The number of halogens is 4. The average molecular weight is 366 g/mol. The summed E-state index contributed by atoms with van der Waals surface area (Å²) in [6.45, 7) is 3.54. The molecule has 0 aromatic heterocycles. The molecule has 0 radical (unpaired) electrons. The first-order valence-corrected chi connectivity index (χ1v) is 8.77. The van der Waals surface area contributed by atoms with Gasteiger partial charge in [-0.25, -0.2) is 4.39 Å². The molecule has 26 heavy (non-hydrogen) atoms. The summed E-state index contributed by atoms with van der Waals surface area (Å²) in [6, 6.07) is 10.2. The van der Waals surface area contributed by atoms with Gasteiger partial charge in [-0.15, -0.1) is 0 Å². The third kappa shape index (κ3) is 4.71. The standard InChI is InChI=1S/C21H22F4O/c1-3-5-14-6-8-15(9-7-14)10-11-16-12-13-17(18(26)4-2)19(20(16)22)21(23,24)25/h6-9,12-13H,3-5,10-11H2,1-2H3. The lowest BCUT2D eigenvalue weighted by molar-refractivity contribution is -0.140. The van der Waals surface area contributed by atoms with Gasteiger partial charge in [0, 0.05) is 12.0 Å². The molecular weight excluding hydrogens is 344 g/mol. The van der Waals surface area contributed by atoms with Crippen molar-refractivity contribution in [1.82, 2.24) is 0 Å². The smallest absolute Gasteiger partial charge is 0.294 e. The second-order valence-electron chi connectivity index (χ2n) is 6.30. The first kappa shape index (κ1) is 20.1. The van der Waals surface area contributed by atoms with Gasteiger partial charge in [0.05, 0.1) is 0 Å². The van der Waals surface area contributed by atoms with Crippen molar-refractivity contribution >= 4 is 5.78 Å². The second kappa shape index (κ2) is 8.47. The van der Waals surface area contributed by atoms with E-state index in [1.807, 2.05) is 24.3 Å². The van der Waals surface area contributed by atoms with Gasteiger partial charge in [0.25, 0.3) is 0 Å². The predicted molar refractivity (Wildman–Crippen MR) is 93.9 cm³/mol. The van der Waals surface area contributed by atoms with Crippen LogP contribution in [0.2, 0.25) is 0 Å². The molecule has 0 atom stereocenters. The zero-order valence-electron chi connectivity index (χ0n) is 14.9. The van der Waals surface area contributed by atoms with Gasteiger partial charge in [0.15, 0.2) is 5.78 Å². The topological polar surface area (TPSA) is 17.1 Å². The average Bonchev–Trinajstić information content (AvgIpc) is 2.60. The van der Waals surface area contributed by atoms with Gasteiger partial charge in [0.1, 0.15) is 11.4 Å². The molecule has 0 saturated carbocycles. The van der Waals surface area contributed by atoms with E-state index in [4.69, 9.17) is 0 Å². The summed E-state index contributed by atoms with van der Waals surface area (Å²) in [4.78, 5) is 11.7. The number of alkyl halides is 3. The summed E-state index contributed by atoms with van der Waals surface area (Å²) < 4.78 is 54.3. The van der Waals surface area contributed by atoms with Crippen LogP contribution in [0.1, 0.15) is 59.3 Å². The third-order valence-corrected chi connectivity index (χ3v) is 4.37. The van der Waals surface area contributed by atoms with Crippen molar-refractivity contribution in [1.29, 1.82) is 0 Å². The Bertz CT molecular complexity index is 761. The van der Waals surface area contributed by atoms with Crippen molar-refractivity contribution < 1.29 is 22.4 Å². The van der Waals surface area contributed by atoms with Crippen LogP contribution in [0.3, 0.4) is 0 Å². The predicted octanol–water partition coefficient (Wildman–Crippen LogP) is 6.17. The van der Waals surface area contributed by atoms with Crippen molar-refractivity contribution in [3.05, 3.63) is 70.0 Å². The van der Waals surface area contributed by atoms with Crippen molar-refractivity contribution in [3.63, 3.8) is 0 Å². The zero-order chi connectivity index (χ0) is 19.3. The van der Waals surface area contributed by atoms with Crippen LogP contribution in [0, 0.1) is 5.82 Å². The summed E-state index contributed by atoms with van der Waals surface area (Å²) >= 11 is 0. The minimum atomic E-state index is -4.90. The molecule has 5 heteroatoms. The fourth-order valence-electron chi connectivity index (χ4n) is 2.95. The van der Waals surface area contributed by atoms with Gasteiger partial charge in [0.2, 0.25) is 0 Å². The van der Waals surface area contributed by atoms with Gasteiger partial charge in [-0.2, -0.15) is 13.2 Å². The number of hydrogen-bond donors (Lipinski definition) is 0. The second-order valence-corrected chi connectivity index (χ2v) is 6.30. The molecule has 0 N–H and O–H groups in total. The van der Waals surface area contributed by atoms with Gasteiger partial charge in [-0.05, 0) is 36.0 Å². The quantitative estimate of drug-likeness (QED) is 0.423. The largest absolute Gasteiger partial charge is 0.419 e. The highest BCUT2D eigenvalue weighted by atomic mass is 19.4. The van der Waals surface area contributed by atoms with Crippen LogP contribution >= 0.6 is 0 Å². The number of aryl methyl sites for hydroxylation is 3. The summed E-state index contributed by atoms with van der Waals surface area (Å²) in [5, 5.41) is 0. The van der Waals surface area contributed by atoms with Crippen molar-refractivity contribution in [2.75, 3.05) is 0 Å². The van der Waals surface area contributed by atoms with Crippen molar-refractivity contribution in [2.24, 2.45) is 0 Å². The van der Waals surface area contributed by atoms with E-state index in [2.05, 4.69) is 6.92 Å². The van der Waals surface area contributed by atoms with Gasteiger partial charge < -0.3 is 0 Å². The number of rotatable bonds is 7. The maximum atomic E-state index is 14.5. The van der Waals surface area contributed by atoms with Crippen LogP contribution in [0.5, 0.6) is 0 Å². The van der Waals surface area contributed by atoms with Crippen LogP contribution in [0.25, 0.3) is 0 Å². The van der Waals surface area contributed by atoms with E-state index in [1.165, 1.54) is 18.6 Å². The van der Waals surface area contributed by atoms with E-state index in [0.29, 0.717) is 6.42 Å². The summed E-state index contributed by atoms with van der Waals surface area (Å²) in [6.07, 6.45) is -2.43. The molecule has 0 aliphatic heterocycles. The highest BCUT2D eigenvalue weighted by Crippen LogP contribution is 2.36. The molecule has 2 rings (SSSR count). The first-order chi connectivity index (χ1) is 12.3. The Balaban J connectivity index is 2.26. The molecule has 2 aromatic rings. The number of Topliss-reactive ketones (excluding diaryl/α,β-unsaturated/α-hetero) is 1. The molecule has 0 aliphatic rings. The molecule has 0 amide bonds. The molecule has 2 aromatic carbocycles. The zero-order valence-corrected chi connectivity index (χ0v) is 14.9. The number of carbonyl (C=O) groups is 1. The lowest BCUT2D eigenvalue weighted by atomic mass is 9.95. The molecule has 1 nitrogen and oxygen atoms in total. The van der Waals surface area contributed by atoms with Crippen LogP contribution in [0.4, 0.5) is 17.6 Å². The molecule has 0 bridgehead atoms. The minimum absolute atomic E-state index is 0.0254. The molecule has 0 spiro atoms. The molecule has 140 valence electrons. The Morgan fingerprint density at radius 3 is 1.96 bits per heavy atom. The number of benzene rings is 2. The van der Waals surface area contributed by atoms with Crippen molar-refractivity contribution in [2.45, 2.75) is 52.1 Å². The molecule has 0 unspecified atom stereocenters. The van der Waals surface area contributed by atoms with Gasteiger partial charge in [-0.3, -0.25) is 4.79 Å². The molecule has 0 fully saturated rings. The maximum absolute atomic E-state index is 14.5. The lowest BCUT2D eigenvalue weighted by Gasteiger charge is -2.15. The first-order valence-electron chi connectivity index (χ1n) is 8.77. The van der Waals surface area contributed by atoms with E-state index < -0.39 is 28.9 Å². The lowest BCUT2D eigenvalue weighted by Crippen LogP contribution is -2.17. The van der Waals surface area contributed by atoms with E-state index >= 15 is 0 Å². The number of ketones is 1. The van der Waals surface area contributed by atoms with E-state index in [0.717, 1.165) is 24.5 Å². The summed E-state index contributed by atoms with van der Waals surface area (Å²) in [5.74, 6) is -2.05. The fraction of sp³-hybridized carbons (Fsp3) is 0.381. The minimum Gasteiger partial charge on any atom is -0.294 e. The van der Waals surface area contributed by atoms with Gasteiger partial charge >= 0.3 is 6.18 Å². The van der Waals surface area contributed by atoms with Gasteiger partial charge in [-0.1, -0.05) is 56.7 Å². The fourth-order valence-corrected chi connectivity index (χ4v) is 2.95. The van der Waals surface area contributed by atoms with E-state index in [9.17, 15) is 22.4 Å². The molecule has 0 heterocycles. The van der Waals surface area contributed by atoms with Crippen LogP contribution in [-0.2, 0) is 25.4 Å².